The summed E-state index contributed by atoms with van der Waals surface area (Å²) in [5.74, 6) is 0.676. The van der Waals surface area contributed by atoms with Crippen LogP contribution >= 0.6 is 0 Å². The van der Waals surface area contributed by atoms with Gasteiger partial charge in [-0.15, -0.1) is 0 Å². The van der Waals surface area contributed by atoms with Gasteiger partial charge in [0.1, 0.15) is 23.2 Å². The van der Waals surface area contributed by atoms with Gasteiger partial charge in [0.25, 0.3) is 0 Å². The minimum Gasteiger partial charge on any atom is -0.507 e. The fourth-order valence-electron chi connectivity index (χ4n) is 2.08. The maximum atomic E-state index is 9.50. The Morgan fingerprint density at radius 2 is 1.95 bits per heavy atom. The van der Waals surface area contributed by atoms with E-state index in [9.17, 15) is 5.11 Å². The van der Waals surface area contributed by atoms with Crippen LogP contribution in [0.15, 0.2) is 46.9 Å². The van der Waals surface area contributed by atoms with E-state index >= 15 is 0 Å². The van der Waals surface area contributed by atoms with Gasteiger partial charge >= 0.3 is 0 Å². The molecule has 1 aromatic heterocycles. The molecule has 0 radical (unpaired) electrons. The highest BCUT2D eigenvalue weighted by atomic mass is 16.3. The monoisotopic (exact) mass is 249 g/mol. The van der Waals surface area contributed by atoms with Crippen LogP contribution in [0.2, 0.25) is 0 Å². The summed E-state index contributed by atoms with van der Waals surface area (Å²) < 4.78 is 5.76. The zero-order valence-electron chi connectivity index (χ0n) is 10.3. The molecule has 3 rings (SSSR count). The standard InChI is InChI=1S/C16H11NO2/c1-10-2-5-15-12(6-10)8-16(19-15)11-3-4-14(18)13(7-11)9-17/h2-8,18H,1H3. The predicted octanol–water partition coefficient (Wildman–Crippen LogP) is 3.99. The van der Waals surface area contributed by atoms with Crippen LogP contribution in [-0.4, -0.2) is 5.11 Å². The number of fused-ring (bicyclic) bond motifs is 1. The molecule has 0 aliphatic heterocycles. The number of benzene rings is 2. The smallest absolute Gasteiger partial charge is 0.135 e. The second-order valence-electron chi connectivity index (χ2n) is 4.50. The third-order valence-electron chi connectivity index (χ3n) is 3.07. The molecule has 19 heavy (non-hydrogen) atoms. The molecule has 0 aliphatic rings. The Kier molecular flexibility index (Phi) is 2.50. The Labute approximate surface area is 110 Å². The Bertz CT molecular complexity index is 809. The highest BCUT2D eigenvalue weighted by molar-refractivity contribution is 5.83. The highest BCUT2D eigenvalue weighted by Crippen LogP contribution is 2.30. The summed E-state index contributed by atoms with van der Waals surface area (Å²) in [6.45, 7) is 2.03. The van der Waals surface area contributed by atoms with E-state index in [1.807, 2.05) is 37.3 Å². The largest absolute Gasteiger partial charge is 0.507 e. The molecule has 3 heteroatoms. The maximum Gasteiger partial charge on any atom is 0.135 e. The van der Waals surface area contributed by atoms with Crippen LogP contribution in [-0.2, 0) is 0 Å². The first kappa shape index (κ1) is 11.4. The van der Waals surface area contributed by atoms with E-state index in [0.29, 0.717) is 5.76 Å². The lowest BCUT2D eigenvalue weighted by Crippen LogP contribution is -1.79. The molecule has 0 amide bonds. The van der Waals surface area contributed by atoms with E-state index in [1.54, 1.807) is 12.1 Å². The van der Waals surface area contributed by atoms with Crippen LogP contribution in [0.3, 0.4) is 0 Å². The van der Waals surface area contributed by atoms with Crippen molar-refractivity contribution in [1.82, 2.24) is 0 Å². The molecule has 0 saturated carbocycles. The van der Waals surface area contributed by atoms with Crippen molar-refractivity contribution in [2.24, 2.45) is 0 Å². The fraction of sp³-hybridized carbons (Fsp3) is 0.0625. The third-order valence-corrected chi connectivity index (χ3v) is 3.07. The molecule has 3 aromatic rings. The van der Waals surface area contributed by atoms with E-state index in [4.69, 9.17) is 9.68 Å². The van der Waals surface area contributed by atoms with Gasteiger partial charge in [0.2, 0.25) is 0 Å². The topological polar surface area (TPSA) is 57.2 Å². The van der Waals surface area contributed by atoms with E-state index < -0.39 is 0 Å². The first-order valence-electron chi connectivity index (χ1n) is 5.91. The van der Waals surface area contributed by atoms with Crippen molar-refractivity contribution in [3.63, 3.8) is 0 Å². The number of rotatable bonds is 1. The van der Waals surface area contributed by atoms with Crippen LogP contribution in [0.1, 0.15) is 11.1 Å². The van der Waals surface area contributed by atoms with Gasteiger partial charge in [-0.3, -0.25) is 0 Å². The number of hydrogen-bond donors (Lipinski definition) is 1. The zero-order valence-corrected chi connectivity index (χ0v) is 10.3. The Morgan fingerprint density at radius 1 is 1.11 bits per heavy atom. The van der Waals surface area contributed by atoms with Crippen LogP contribution in [0.4, 0.5) is 0 Å². The van der Waals surface area contributed by atoms with Crippen molar-refractivity contribution in [1.29, 1.82) is 5.26 Å². The van der Waals surface area contributed by atoms with Crippen molar-refractivity contribution < 1.29 is 9.52 Å². The minimum atomic E-state index is -0.0156. The summed E-state index contributed by atoms with van der Waals surface area (Å²) in [4.78, 5) is 0. The first-order valence-corrected chi connectivity index (χ1v) is 5.91. The summed E-state index contributed by atoms with van der Waals surface area (Å²) in [6.07, 6.45) is 0. The number of nitriles is 1. The SMILES string of the molecule is Cc1ccc2oc(-c3ccc(O)c(C#N)c3)cc2c1. The number of phenolic OH excluding ortho intramolecular Hbond substituents is 1. The molecule has 2 aromatic carbocycles. The van der Waals surface area contributed by atoms with Gasteiger partial charge in [-0.05, 0) is 43.3 Å². The second-order valence-corrected chi connectivity index (χ2v) is 4.50. The van der Waals surface area contributed by atoms with Crippen LogP contribution in [0.25, 0.3) is 22.3 Å². The Balaban J connectivity index is 2.16. The summed E-state index contributed by atoms with van der Waals surface area (Å²) in [5.41, 5.74) is 3.01. The quantitative estimate of drug-likeness (QED) is 0.709. The molecule has 0 atom stereocenters. The lowest BCUT2D eigenvalue weighted by Gasteiger charge is -1.99. The van der Waals surface area contributed by atoms with Crippen LogP contribution in [0, 0.1) is 18.3 Å². The third kappa shape index (κ3) is 1.94. The summed E-state index contributed by atoms with van der Waals surface area (Å²) in [7, 11) is 0. The van der Waals surface area contributed by atoms with E-state index in [0.717, 1.165) is 16.5 Å². The van der Waals surface area contributed by atoms with Crippen molar-refractivity contribution in [3.8, 4) is 23.1 Å². The molecule has 3 nitrogen and oxygen atoms in total. The second kappa shape index (κ2) is 4.18. The molecular weight excluding hydrogens is 238 g/mol. The zero-order chi connectivity index (χ0) is 13.4. The molecule has 0 aliphatic carbocycles. The van der Waals surface area contributed by atoms with Crippen molar-refractivity contribution >= 4 is 11.0 Å². The Hall–Kier alpha value is -2.73. The molecule has 0 saturated heterocycles. The van der Waals surface area contributed by atoms with E-state index in [1.165, 1.54) is 11.6 Å². The molecule has 92 valence electrons. The number of aryl methyl sites for hydroxylation is 1. The number of nitrogens with zero attached hydrogens (tertiary/aromatic N) is 1. The average molecular weight is 249 g/mol. The van der Waals surface area contributed by atoms with Gasteiger partial charge < -0.3 is 9.52 Å². The molecular formula is C16H11NO2. The van der Waals surface area contributed by atoms with Crippen molar-refractivity contribution in [2.75, 3.05) is 0 Å². The molecule has 0 unspecified atom stereocenters. The summed E-state index contributed by atoms with van der Waals surface area (Å²) in [5, 5.41) is 19.5. The van der Waals surface area contributed by atoms with Gasteiger partial charge in [-0.2, -0.15) is 5.26 Å². The molecule has 0 bridgehead atoms. The van der Waals surface area contributed by atoms with E-state index in [-0.39, 0.29) is 11.3 Å². The van der Waals surface area contributed by atoms with Crippen LogP contribution < -0.4 is 0 Å². The fourth-order valence-corrected chi connectivity index (χ4v) is 2.08. The number of hydrogen-bond acceptors (Lipinski definition) is 3. The average Bonchev–Trinajstić information content (AvgIpc) is 2.82. The highest BCUT2D eigenvalue weighted by Gasteiger charge is 2.09. The van der Waals surface area contributed by atoms with Gasteiger partial charge in [-0.1, -0.05) is 11.6 Å². The lowest BCUT2D eigenvalue weighted by molar-refractivity contribution is 0.473. The Morgan fingerprint density at radius 3 is 2.74 bits per heavy atom. The first-order chi connectivity index (χ1) is 9.17. The predicted molar refractivity (Wildman–Crippen MR) is 72.8 cm³/mol. The lowest BCUT2D eigenvalue weighted by atomic mass is 10.1. The van der Waals surface area contributed by atoms with Crippen molar-refractivity contribution in [2.45, 2.75) is 6.92 Å². The van der Waals surface area contributed by atoms with Gasteiger partial charge in [0.05, 0.1) is 5.56 Å². The van der Waals surface area contributed by atoms with Crippen molar-refractivity contribution in [3.05, 3.63) is 53.6 Å². The number of furan rings is 1. The van der Waals surface area contributed by atoms with Gasteiger partial charge in [-0.25, -0.2) is 0 Å². The normalized spacial score (nSPS) is 10.5. The molecule has 1 N–H and O–H groups in total. The molecule has 1 heterocycles. The number of aromatic hydroxyl groups is 1. The maximum absolute atomic E-state index is 9.50. The van der Waals surface area contributed by atoms with E-state index in [2.05, 4.69) is 0 Å². The van der Waals surface area contributed by atoms with Gasteiger partial charge in [0, 0.05) is 10.9 Å². The summed E-state index contributed by atoms with van der Waals surface area (Å²) in [6, 6.07) is 14.7. The van der Waals surface area contributed by atoms with Gasteiger partial charge in [0.15, 0.2) is 0 Å². The summed E-state index contributed by atoms with van der Waals surface area (Å²) >= 11 is 0. The van der Waals surface area contributed by atoms with Crippen LogP contribution in [0.5, 0.6) is 5.75 Å². The molecule has 0 spiro atoms. The molecule has 0 fully saturated rings. The minimum absolute atomic E-state index is 0.0156. The number of phenols is 1.